The Morgan fingerprint density at radius 2 is 1.94 bits per heavy atom. The molecule has 0 saturated heterocycles. The molecule has 0 atom stereocenters. The maximum absolute atomic E-state index is 4.29. The molecule has 0 aromatic carbocycles. The van der Waals surface area contributed by atoms with Gasteiger partial charge in [-0.1, -0.05) is 0 Å². The van der Waals surface area contributed by atoms with Crippen molar-refractivity contribution in [2.24, 2.45) is 7.05 Å². The van der Waals surface area contributed by atoms with Gasteiger partial charge in [-0.2, -0.15) is 0 Å². The molecular formula is C13H26N4. The van der Waals surface area contributed by atoms with E-state index in [2.05, 4.69) is 47.5 Å². The molecule has 4 nitrogen and oxygen atoms in total. The van der Waals surface area contributed by atoms with Crippen molar-refractivity contribution in [1.29, 1.82) is 0 Å². The lowest BCUT2D eigenvalue weighted by Crippen LogP contribution is -2.41. The summed E-state index contributed by atoms with van der Waals surface area (Å²) in [5.41, 5.74) is 0. The van der Waals surface area contributed by atoms with Gasteiger partial charge >= 0.3 is 0 Å². The summed E-state index contributed by atoms with van der Waals surface area (Å²) in [6.45, 7) is 11.9. The molecule has 17 heavy (non-hydrogen) atoms. The molecule has 0 aliphatic rings. The van der Waals surface area contributed by atoms with Crippen LogP contribution in [0.4, 0.5) is 0 Å². The number of imidazole rings is 1. The number of hydrogen-bond acceptors (Lipinski definition) is 3. The zero-order valence-electron chi connectivity index (χ0n) is 11.8. The van der Waals surface area contributed by atoms with E-state index < -0.39 is 0 Å². The Balaban J connectivity index is 2.25. The molecule has 1 aromatic heterocycles. The second-order valence-electron chi connectivity index (χ2n) is 5.06. The van der Waals surface area contributed by atoms with Crippen LogP contribution in [0.3, 0.4) is 0 Å². The fraction of sp³-hybridized carbons (Fsp3) is 0.769. The molecule has 98 valence electrons. The molecule has 4 heteroatoms. The van der Waals surface area contributed by atoms with Gasteiger partial charge in [0, 0.05) is 44.6 Å². The monoisotopic (exact) mass is 238 g/mol. The molecule has 0 fully saturated rings. The number of nitrogens with zero attached hydrogens (tertiary/aromatic N) is 3. The van der Waals surface area contributed by atoms with E-state index in [9.17, 15) is 0 Å². The van der Waals surface area contributed by atoms with Crippen LogP contribution in [0, 0.1) is 0 Å². The van der Waals surface area contributed by atoms with Crippen LogP contribution in [0.1, 0.15) is 33.5 Å². The van der Waals surface area contributed by atoms with E-state index in [1.807, 2.05) is 19.4 Å². The number of aromatic nitrogens is 2. The largest absolute Gasteiger partial charge is 0.337 e. The third-order valence-corrected chi connectivity index (χ3v) is 3.08. The molecule has 0 aliphatic heterocycles. The molecule has 1 N–H and O–H groups in total. The first kappa shape index (κ1) is 14.2. The average Bonchev–Trinajstić information content (AvgIpc) is 2.63. The first-order valence-electron chi connectivity index (χ1n) is 6.45. The van der Waals surface area contributed by atoms with Gasteiger partial charge in [-0.3, -0.25) is 4.90 Å². The first-order chi connectivity index (χ1) is 8.02. The lowest BCUT2D eigenvalue weighted by molar-refractivity contribution is 0.175. The Hall–Kier alpha value is -0.870. The van der Waals surface area contributed by atoms with Gasteiger partial charge in [-0.25, -0.2) is 4.98 Å². The first-order valence-corrected chi connectivity index (χ1v) is 6.45. The maximum atomic E-state index is 4.29. The van der Waals surface area contributed by atoms with E-state index >= 15 is 0 Å². The van der Waals surface area contributed by atoms with Crippen LogP contribution in [-0.2, 0) is 13.6 Å². The van der Waals surface area contributed by atoms with Crippen LogP contribution in [-0.4, -0.2) is 39.6 Å². The topological polar surface area (TPSA) is 33.1 Å². The Labute approximate surface area is 105 Å². The zero-order chi connectivity index (χ0) is 12.8. The van der Waals surface area contributed by atoms with Crippen molar-refractivity contribution >= 4 is 0 Å². The molecule has 1 aromatic rings. The van der Waals surface area contributed by atoms with E-state index in [4.69, 9.17) is 0 Å². The van der Waals surface area contributed by atoms with E-state index in [-0.39, 0.29) is 0 Å². The van der Waals surface area contributed by atoms with Crippen LogP contribution in [0.2, 0.25) is 0 Å². The number of aryl methyl sites for hydroxylation is 1. The third-order valence-electron chi connectivity index (χ3n) is 3.08. The molecule has 0 aliphatic carbocycles. The molecular weight excluding hydrogens is 212 g/mol. The highest BCUT2D eigenvalue weighted by atomic mass is 15.2. The highest BCUT2D eigenvalue weighted by Crippen LogP contribution is 2.03. The molecule has 0 bridgehead atoms. The average molecular weight is 238 g/mol. The van der Waals surface area contributed by atoms with Gasteiger partial charge in [-0.15, -0.1) is 0 Å². The lowest BCUT2D eigenvalue weighted by atomic mass is 10.2. The SMILES string of the molecule is CC(C)N(CCNCc1nccn1C)C(C)C. The van der Waals surface area contributed by atoms with Crippen molar-refractivity contribution in [1.82, 2.24) is 19.8 Å². The molecule has 0 saturated carbocycles. The fourth-order valence-corrected chi connectivity index (χ4v) is 2.09. The standard InChI is InChI=1S/C13H26N4/c1-11(2)17(12(3)4)9-6-14-10-13-15-7-8-16(13)5/h7-8,11-12,14H,6,9-10H2,1-5H3. The van der Waals surface area contributed by atoms with Crippen LogP contribution in [0.25, 0.3) is 0 Å². The quantitative estimate of drug-likeness (QED) is 0.733. The number of nitrogens with one attached hydrogen (secondary N) is 1. The molecule has 1 heterocycles. The summed E-state index contributed by atoms with van der Waals surface area (Å²) in [4.78, 5) is 6.78. The lowest BCUT2D eigenvalue weighted by Gasteiger charge is -2.30. The summed E-state index contributed by atoms with van der Waals surface area (Å²) in [6.07, 6.45) is 3.82. The van der Waals surface area contributed by atoms with Gasteiger partial charge in [0.2, 0.25) is 0 Å². The summed E-state index contributed by atoms with van der Waals surface area (Å²) < 4.78 is 2.05. The van der Waals surface area contributed by atoms with Crippen LogP contribution in [0.5, 0.6) is 0 Å². The van der Waals surface area contributed by atoms with E-state index in [1.165, 1.54) is 0 Å². The Morgan fingerprint density at radius 3 is 2.41 bits per heavy atom. The van der Waals surface area contributed by atoms with Crippen molar-refractivity contribution < 1.29 is 0 Å². The summed E-state index contributed by atoms with van der Waals surface area (Å²) in [6, 6.07) is 1.20. The summed E-state index contributed by atoms with van der Waals surface area (Å²) in [5, 5.41) is 3.44. The number of hydrogen-bond donors (Lipinski definition) is 1. The predicted octanol–water partition coefficient (Wildman–Crippen LogP) is 1.63. The summed E-state index contributed by atoms with van der Waals surface area (Å²) in [7, 11) is 2.03. The van der Waals surface area contributed by atoms with Gasteiger partial charge in [-0.05, 0) is 27.7 Å². The van der Waals surface area contributed by atoms with Gasteiger partial charge in [0.15, 0.2) is 0 Å². The highest BCUT2D eigenvalue weighted by Gasteiger charge is 2.12. The molecule has 0 spiro atoms. The van der Waals surface area contributed by atoms with Gasteiger partial charge in [0.25, 0.3) is 0 Å². The highest BCUT2D eigenvalue weighted by molar-refractivity contribution is 4.90. The Kier molecular flexibility index (Phi) is 5.65. The van der Waals surface area contributed by atoms with Crippen molar-refractivity contribution in [3.8, 4) is 0 Å². The minimum absolute atomic E-state index is 0.602. The minimum atomic E-state index is 0.602. The second kappa shape index (κ2) is 6.77. The molecule has 0 amide bonds. The Morgan fingerprint density at radius 1 is 1.29 bits per heavy atom. The second-order valence-corrected chi connectivity index (χ2v) is 5.06. The van der Waals surface area contributed by atoms with Crippen LogP contribution >= 0.6 is 0 Å². The van der Waals surface area contributed by atoms with Crippen molar-refractivity contribution in [3.05, 3.63) is 18.2 Å². The molecule has 0 unspecified atom stereocenters. The Bertz CT molecular complexity index is 309. The maximum Gasteiger partial charge on any atom is 0.122 e. The van der Waals surface area contributed by atoms with Gasteiger partial charge in [0.05, 0.1) is 6.54 Å². The van der Waals surface area contributed by atoms with E-state index in [1.54, 1.807) is 0 Å². The van der Waals surface area contributed by atoms with Gasteiger partial charge in [0.1, 0.15) is 5.82 Å². The smallest absolute Gasteiger partial charge is 0.122 e. The third kappa shape index (κ3) is 4.48. The van der Waals surface area contributed by atoms with Crippen molar-refractivity contribution in [2.75, 3.05) is 13.1 Å². The van der Waals surface area contributed by atoms with E-state index in [0.29, 0.717) is 12.1 Å². The van der Waals surface area contributed by atoms with Gasteiger partial charge < -0.3 is 9.88 Å². The zero-order valence-corrected chi connectivity index (χ0v) is 11.8. The normalized spacial score (nSPS) is 12.0. The molecule has 1 rings (SSSR count). The summed E-state index contributed by atoms with van der Waals surface area (Å²) >= 11 is 0. The minimum Gasteiger partial charge on any atom is -0.337 e. The van der Waals surface area contributed by atoms with E-state index in [0.717, 1.165) is 25.5 Å². The van der Waals surface area contributed by atoms with Crippen molar-refractivity contribution in [2.45, 2.75) is 46.3 Å². The van der Waals surface area contributed by atoms with Crippen LogP contribution < -0.4 is 5.32 Å². The van der Waals surface area contributed by atoms with Crippen LogP contribution in [0.15, 0.2) is 12.4 Å². The fourth-order valence-electron chi connectivity index (χ4n) is 2.09. The predicted molar refractivity (Wildman–Crippen MR) is 71.9 cm³/mol. The summed E-state index contributed by atoms with van der Waals surface area (Å²) in [5.74, 6) is 1.09. The molecule has 0 radical (unpaired) electrons. The van der Waals surface area contributed by atoms with Crippen molar-refractivity contribution in [3.63, 3.8) is 0 Å². The number of rotatable bonds is 7.